The van der Waals surface area contributed by atoms with Gasteiger partial charge in [0.05, 0.1) is 5.69 Å². The molecule has 1 fully saturated rings. The normalized spacial score (nSPS) is 15.7. The largest absolute Gasteiger partial charge is 0.368 e. The lowest BCUT2D eigenvalue weighted by Gasteiger charge is -2.36. The van der Waals surface area contributed by atoms with E-state index in [1.165, 1.54) is 11.3 Å². The van der Waals surface area contributed by atoms with Gasteiger partial charge >= 0.3 is 0 Å². The van der Waals surface area contributed by atoms with E-state index in [2.05, 4.69) is 51.4 Å². The highest BCUT2D eigenvalue weighted by molar-refractivity contribution is 7.13. The van der Waals surface area contributed by atoms with Crippen molar-refractivity contribution >= 4 is 22.2 Å². The first-order valence-corrected chi connectivity index (χ1v) is 7.85. The molecule has 106 valence electrons. The Kier molecular flexibility index (Phi) is 3.89. The van der Waals surface area contributed by atoms with Gasteiger partial charge in [0.15, 0.2) is 5.13 Å². The number of thiazole rings is 1. The summed E-state index contributed by atoms with van der Waals surface area (Å²) in [6.07, 6.45) is 0. The molecule has 1 aromatic carbocycles. The maximum atomic E-state index is 5.62. The lowest BCUT2D eigenvalue weighted by Crippen LogP contribution is -2.46. The standard InChI is InChI=1S/C15H20N4S/c1-12-3-2-4-14(9-12)18-5-7-19(8-6-18)15-17-13(10-16)11-20-15/h2-4,9,11H,5-8,10,16H2,1H3. The van der Waals surface area contributed by atoms with E-state index in [1.54, 1.807) is 11.3 Å². The van der Waals surface area contributed by atoms with Crippen LogP contribution >= 0.6 is 11.3 Å². The summed E-state index contributed by atoms with van der Waals surface area (Å²) in [5.74, 6) is 0. The van der Waals surface area contributed by atoms with E-state index >= 15 is 0 Å². The number of hydrogen-bond acceptors (Lipinski definition) is 5. The summed E-state index contributed by atoms with van der Waals surface area (Å²) in [5.41, 5.74) is 9.26. The molecule has 5 heteroatoms. The molecule has 20 heavy (non-hydrogen) atoms. The summed E-state index contributed by atoms with van der Waals surface area (Å²) in [6.45, 7) is 6.79. The third kappa shape index (κ3) is 2.78. The predicted molar refractivity (Wildman–Crippen MR) is 85.6 cm³/mol. The molecule has 2 aromatic rings. The molecule has 2 N–H and O–H groups in total. The van der Waals surface area contributed by atoms with Crippen molar-refractivity contribution in [1.82, 2.24) is 4.98 Å². The molecule has 0 atom stereocenters. The van der Waals surface area contributed by atoms with Crippen molar-refractivity contribution in [2.24, 2.45) is 5.73 Å². The quantitative estimate of drug-likeness (QED) is 0.941. The van der Waals surface area contributed by atoms with Crippen LogP contribution in [0.25, 0.3) is 0 Å². The second-order valence-corrected chi connectivity index (χ2v) is 5.98. The maximum absolute atomic E-state index is 5.62. The molecule has 1 aliphatic heterocycles. The molecule has 1 saturated heterocycles. The summed E-state index contributed by atoms with van der Waals surface area (Å²) >= 11 is 1.70. The number of piperazine rings is 1. The van der Waals surface area contributed by atoms with Crippen molar-refractivity contribution in [2.75, 3.05) is 36.0 Å². The van der Waals surface area contributed by atoms with Crippen LogP contribution in [0, 0.1) is 6.92 Å². The summed E-state index contributed by atoms with van der Waals surface area (Å²) < 4.78 is 0. The minimum Gasteiger partial charge on any atom is -0.368 e. The lowest BCUT2D eigenvalue weighted by molar-refractivity contribution is 0.651. The Bertz CT molecular complexity index is 573. The Morgan fingerprint density at radius 1 is 1.20 bits per heavy atom. The fourth-order valence-corrected chi connectivity index (χ4v) is 3.41. The van der Waals surface area contributed by atoms with Crippen LogP contribution in [0.2, 0.25) is 0 Å². The minimum absolute atomic E-state index is 0.528. The first-order valence-electron chi connectivity index (χ1n) is 6.97. The van der Waals surface area contributed by atoms with E-state index in [0.717, 1.165) is 37.0 Å². The molecule has 0 amide bonds. The number of aryl methyl sites for hydroxylation is 1. The van der Waals surface area contributed by atoms with E-state index in [9.17, 15) is 0 Å². The molecule has 0 radical (unpaired) electrons. The van der Waals surface area contributed by atoms with E-state index in [0.29, 0.717) is 6.54 Å². The van der Waals surface area contributed by atoms with Gasteiger partial charge in [-0.15, -0.1) is 11.3 Å². The van der Waals surface area contributed by atoms with Crippen LogP contribution in [-0.4, -0.2) is 31.2 Å². The van der Waals surface area contributed by atoms with Crippen LogP contribution in [0.4, 0.5) is 10.8 Å². The van der Waals surface area contributed by atoms with Crippen LogP contribution in [0.15, 0.2) is 29.6 Å². The Balaban J connectivity index is 1.64. The molecule has 0 aliphatic carbocycles. The molecule has 1 aliphatic rings. The van der Waals surface area contributed by atoms with Crippen molar-refractivity contribution in [2.45, 2.75) is 13.5 Å². The zero-order valence-corrected chi connectivity index (χ0v) is 12.6. The van der Waals surface area contributed by atoms with Crippen LogP contribution < -0.4 is 15.5 Å². The van der Waals surface area contributed by atoms with Gasteiger partial charge in [0.1, 0.15) is 0 Å². The van der Waals surface area contributed by atoms with Crippen molar-refractivity contribution in [3.8, 4) is 0 Å². The molecule has 1 aromatic heterocycles. The highest BCUT2D eigenvalue weighted by atomic mass is 32.1. The molecule has 0 saturated carbocycles. The van der Waals surface area contributed by atoms with Gasteiger partial charge in [0.2, 0.25) is 0 Å². The average Bonchev–Trinajstić information content (AvgIpc) is 2.96. The number of nitrogens with two attached hydrogens (primary N) is 1. The van der Waals surface area contributed by atoms with Gasteiger partial charge in [0.25, 0.3) is 0 Å². The number of aromatic nitrogens is 1. The minimum atomic E-state index is 0.528. The predicted octanol–water partition coefficient (Wildman–Crippen LogP) is 2.24. The molecular weight excluding hydrogens is 268 g/mol. The van der Waals surface area contributed by atoms with Gasteiger partial charge in [-0.2, -0.15) is 0 Å². The highest BCUT2D eigenvalue weighted by Crippen LogP contribution is 2.24. The third-order valence-corrected chi connectivity index (χ3v) is 4.62. The van der Waals surface area contributed by atoms with Crippen LogP contribution in [0.5, 0.6) is 0 Å². The number of anilines is 2. The number of benzene rings is 1. The Labute approximate surface area is 123 Å². The third-order valence-electron chi connectivity index (χ3n) is 3.67. The van der Waals surface area contributed by atoms with E-state index in [-0.39, 0.29) is 0 Å². The summed E-state index contributed by atoms with van der Waals surface area (Å²) in [5, 5.41) is 3.16. The van der Waals surface area contributed by atoms with Crippen molar-refractivity contribution in [3.05, 3.63) is 40.9 Å². The van der Waals surface area contributed by atoms with Gasteiger partial charge in [-0.1, -0.05) is 12.1 Å². The van der Waals surface area contributed by atoms with Crippen LogP contribution in [0.3, 0.4) is 0 Å². The van der Waals surface area contributed by atoms with Gasteiger partial charge in [-0.05, 0) is 24.6 Å². The second-order valence-electron chi connectivity index (χ2n) is 5.14. The molecule has 2 heterocycles. The first-order chi connectivity index (χ1) is 9.76. The van der Waals surface area contributed by atoms with Gasteiger partial charge in [-0.3, -0.25) is 0 Å². The van der Waals surface area contributed by atoms with Gasteiger partial charge in [0, 0.05) is 43.8 Å². The lowest BCUT2D eigenvalue weighted by atomic mass is 10.2. The molecule has 0 bridgehead atoms. The monoisotopic (exact) mass is 288 g/mol. The molecule has 3 rings (SSSR count). The number of nitrogens with zero attached hydrogens (tertiary/aromatic N) is 3. The molecule has 0 spiro atoms. The van der Waals surface area contributed by atoms with Crippen molar-refractivity contribution < 1.29 is 0 Å². The summed E-state index contributed by atoms with van der Waals surface area (Å²) in [7, 11) is 0. The molecular formula is C15H20N4S. The number of hydrogen-bond donors (Lipinski definition) is 1. The zero-order chi connectivity index (χ0) is 13.9. The van der Waals surface area contributed by atoms with E-state index < -0.39 is 0 Å². The van der Waals surface area contributed by atoms with Gasteiger partial charge in [-0.25, -0.2) is 4.98 Å². The Morgan fingerprint density at radius 3 is 2.60 bits per heavy atom. The Morgan fingerprint density at radius 2 is 1.95 bits per heavy atom. The van der Waals surface area contributed by atoms with Crippen molar-refractivity contribution in [3.63, 3.8) is 0 Å². The SMILES string of the molecule is Cc1cccc(N2CCN(c3nc(CN)cs3)CC2)c1. The van der Waals surface area contributed by atoms with E-state index in [1.807, 2.05) is 0 Å². The van der Waals surface area contributed by atoms with Crippen molar-refractivity contribution in [1.29, 1.82) is 0 Å². The topological polar surface area (TPSA) is 45.4 Å². The Hall–Kier alpha value is -1.59. The second kappa shape index (κ2) is 5.81. The van der Waals surface area contributed by atoms with E-state index in [4.69, 9.17) is 5.73 Å². The fourth-order valence-electron chi connectivity index (χ4n) is 2.52. The molecule has 0 unspecified atom stereocenters. The first kappa shape index (κ1) is 13.4. The maximum Gasteiger partial charge on any atom is 0.185 e. The summed E-state index contributed by atoms with van der Waals surface area (Å²) in [6, 6.07) is 8.72. The molecule has 4 nitrogen and oxygen atoms in total. The van der Waals surface area contributed by atoms with Crippen LogP contribution in [-0.2, 0) is 6.54 Å². The fraction of sp³-hybridized carbons (Fsp3) is 0.400. The smallest absolute Gasteiger partial charge is 0.185 e. The van der Waals surface area contributed by atoms with Crippen LogP contribution in [0.1, 0.15) is 11.3 Å². The average molecular weight is 288 g/mol. The summed E-state index contributed by atoms with van der Waals surface area (Å²) in [4.78, 5) is 9.37. The highest BCUT2D eigenvalue weighted by Gasteiger charge is 2.19. The number of rotatable bonds is 3. The van der Waals surface area contributed by atoms with Gasteiger partial charge < -0.3 is 15.5 Å². The zero-order valence-electron chi connectivity index (χ0n) is 11.7.